The Morgan fingerprint density at radius 3 is 2.83 bits per heavy atom. The zero-order chi connectivity index (χ0) is 16.1. The molecule has 2 heterocycles. The molecule has 1 aliphatic rings. The van der Waals surface area contributed by atoms with Crippen LogP contribution >= 0.6 is 0 Å². The molecular weight excluding hydrogens is 290 g/mol. The lowest BCUT2D eigenvalue weighted by Gasteiger charge is -2.21. The summed E-state index contributed by atoms with van der Waals surface area (Å²) < 4.78 is 5.64. The van der Waals surface area contributed by atoms with Crippen molar-refractivity contribution in [3.63, 3.8) is 0 Å². The number of benzene rings is 1. The van der Waals surface area contributed by atoms with Crippen molar-refractivity contribution in [1.82, 2.24) is 25.2 Å². The molecule has 0 radical (unpaired) electrons. The Kier molecular flexibility index (Phi) is 5.38. The molecule has 6 nitrogen and oxygen atoms in total. The number of rotatable bonds is 7. The number of methoxy groups -OCH3 is 1. The van der Waals surface area contributed by atoms with Crippen molar-refractivity contribution in [2.24, 2.45) is 0 Å². The van der Waals surface area contributed by atoms with E-state index in [0.717, 1.165) is 38.4 Å². The quantitative estimate of drug-likeness (QED) is 0.836. The van der Waals surface area contributed by atoms with Gasteiger partial charge in [0.2, 0.25) is 0 Å². The van der Waals surface area contributed by atoms with Crippen molar-refractivity contribution in [1.29, 1.82) is 0 Å². The fraction of sp³-hybridized carbons (Fsp3) is 0.529. The first kappa shape index (κ1) is 16.1. The summed E-state index contributed by atoms with van der Waals surface area (Å²) >= 11 is 0. The number of aromatic amines is 1. The van der Waals surface area contributed by atoms with E-state index in [4.69, 9.17) is 4.74 Å². The van der Waals surface area contributed by atoms with Gasteiger partial charge >= 0.3 is 0 Å². The van der Waals surface area contributed by atoms with Crippen LogP contribution in [-0.2, 0) is 11.3 Å². The SMILES string of the molecule is CO[C@@H]1CN(CCN(C)Cc2ccccc2)C[C@H]1c1cn[nH]n1. The number of hydrogen-bond donors (Lipinski definition) is 1. The average Bonchev–Trinajstić information content (AvgIpc) is 3.23. The van der Waals surface area contributed by atoms with E-state index < -0.39 is 0 Å². The van der Waals surface area contributed by atoms with E-state index in [1.54, 1.807) is 7.11 Å². The Hall–Kier alpha value is -1.76. The molecule has 0 spiro atoms. The molecule has 1 saturated heterocycles. The number of aromatic nitrogens is 3. The maximum atomic E-state index is 5.64. The van der Waals surface area contributed by atoms with Gasteiger partial charge in [-0.2, -0.15) is 15.4 Å². The zero-order valence-corrected chi connectivity index (χ0v) is 13.9. The third kappa shape index (κ3) is 4.16. The lowest BCUT2D eigenvalue weighted by atomic mass is 10.0. The summed E-state index contributed by atoms with van der Waals surface area (Å²) in [4.78, 5) is 4.82. The van der Waals surface area contributed by atoms with Crippen LogP contribution in [0.2, 0.25) is 0 Å². The lowest BCUT2D eigenvalue weighted by molar-refractivity contribution is 0.0953. The molecule has 1 aromatic carbocycles. The Balaban J connectivity index is 1.49. The molecule has 23 heavy (non-hydrogen) atoms. The normalized spacial score (nSPS) is 22.0. The second-order valence-corrected chi connectivity index (χ2v) is 6.26. The predicted molar refractivity (Wildman–Crippen MR) is 89.1 cm³/mol. The average molecular weight is 315 g/mol. The van der Waals surface area contributed by atoms with Gasteiger partial charge in [-0.25, -0.2) is 0 Å². The van der Waals surface area contributed by atoms with Gasteiger partial charge in [-0.3, -0.25) is 4.90 Å². The molecule has 2 atom stereocenters. The van der Waals surface area contributed by atoms with Crippen LogP contribution in [0.5, 0.6) is 0 Å². The van der Waals surface area contributed by atoms with Crippen molar-refractivity contribution < 1.29 is 4.74 Å². The fourth-order valence-corrected chi connectivity index (χ4v) is 3.23. The van der Waals surface area contributed by atoms with Gasteiger partial charge in [0, 0.05) is 45.8 Å². The number of nitrogens with one attached hydrogen (secondary N) is 1. The predicted octanol–water partition coefficient (Wildman–Crippen LogP) is 1.35. The zero-order valence-electron chi connectivity index (χ0n) is 13.9. The molecule has 1 aliphatic heterocycles. The third-order valence-electron chi connectivity index (χ3n) is 4.55. The number of likely N-dealkylation sites (N-methyl/N-ethyl adjacent to an activating group) is 1. The van der Waals surface area contributed by atoms with Crippen molar-refractivity contribution in [3.05, 3.63) is 47.8 Å². The molecule has 1 aromatic heterocycles. The summed E-state index contributed by atoms with van der Waals surface area (Å²) in [7, 11) is 3.95. The van der Waals surface area contributed by atoms with Gasteiger partial charge in [-0.05, 0) is 12.6 Å². The molecule has 0 aliphatic carbocycles. The van der Waals surface area contributed by atoms with E-state index in [9.17, 15) is 0 Å². The minimum absolute atomic E-state index is 0.194. The van der Waals surface area contributed by atoms with Crippen LogP contribution in [0.15, 0.2) is 36.5 Å². The fourth-order valence-electron chi connectivity index (χ4n) is 3.23. The van der Waals surface area contributed by atoms with E-state index >= 15 is 0 Å². The Bertz CT molecular complexity index is 574. The van der Waals surface area contributed by atoms with Crippen molar-refractivity contribution in [2.75, 3.05) is 40.3 Å². The van der Waals surface area contributed by atoms with E-state index in [0.29, 0.717) is 5.92 Å². The Labute approximate surface area is 137 Å². The molecule has 124 valence electrons. The van der Waals surface area contributed by atoms with Crippen LogP contribution in [0.3, 0.4) is 0 Å². The number of likely N-dealkylation sites (tertiary alicyclic amines) is 1. The van der Waals surface area contributed by atoms with Crippen molar-refractivity contribution in [2.45, 2.75) is 18.6 Å². The first-order valence-electron chi connectivity index (χ1n) is 8.09. The second kappa shape index (κ2) is 7.68. The number of hydrogen-bond acceptors (Lipinski definition) is 5. The topological polar surface area (TPSA) is 57.3 Å². The summed E-state index contributed by atoms with van der Waals surface area (Å²) in [6.45, 7) is 4.99. The van der Waals surface area contributed by atoms with Crippen LogP contribution in [0, 0.1) is 0 Å². The minimum Gasteiger partial charge on any atom is -0.379 e. The number of H-pyrrole nitrogens is 1. The molecule has 6 heteroatoms. The summed E-state index contributed by atoms with van der Waals surface area (Å²) in [5, 5.41) is 10.9. The first-order chi connectivity index (χ1) is 11.3. The monoisotopic (exact) mass is 315 g/mol. The second-order valence-electron chi connectivity index (χ2n) is 6.26. The highest BCUT2D eigenvalue weighted by Gasteiger charge is 2.35. The van der Waals surface area contributed by atoms with Crippen molar-refractivity contribution >= 4 is 0 Å². The highest BCUT2D eigenvalue weighted by atomic mass is 16.5. The smallest absolute Gasteiger partial charge is 0.0894 e. The Morgan fingerprint density at radius 1 is 1.30 bits per heavy atom. The van der Waals surface area contributed by atoms with Gasteiger partial charge in [0.1, 0.15) is 0 Å². The molecule has 0 unspecified atom stereocenters. The summed E-state index contributed by atoms with van der Waals surface area (Å²) in [5.41, 5.74) is 2.35. The van der Waals surface area contributed by atoms with Crippen LogP contribution in [0.1, 0.15) is 17.2 Å². The maximum absolute atomic E-state index is 5.64. The van der Waals surface area contributed by atoms with Gasteiger partial charge in [-0.15, -0.1) is 0 Å². The van der Waals surface area contributed by atoms with Crippen LogP contribution in [0.25, 0.3) is 0 Å². The van der Waals surface area contributed by atoms with Gasteiger partial charge in [-0.1, -0.05) is 30.3 Å². The molecule has 2 aromatic rings. The molecular formula is C17H25N5O. The lowest BCUT2D eigenvalue weighted by Crippen LogP contribution is -2.32. The first-order valence-corrected chi connectivity index (χ1v) is 8.09. The van der Waals surface area contributed by atoms with Gasteiger partial charge < -0.3 is 9.64 Å². The summed E-state index contributed by atoms with van der Waals surface area (Å²) in [6.07, 6.45) is 2.00. The summed E-state index contributed by atoms with van der Waals surface area (Å²) in [6, 6.07) is 10.6. The number of nitrogens with zero attached hydrogens (tertiary/aromatic N) is 4. The highest BCUT2D eigenvalue weighted by molar-refractivity contribution is 5.14. The van der Waals surface area contributed by atoms with Crippen LogP contribution in [-0.4, -0.2) is 71.7 Å². The van der Waals surface area contributed by atoms with Crippen LogP contribution < -0.4 is 0 Å². The standard InChI is InChI=1S/C17H25N5O/c1-21(11-14-6-4-3-5-7-14)8-9-22-12-15(17(13-22)23-2)16-10-18-20-19-16/h3-7,10,15,17H,8-9,11-13H2,1-2H3,(H,18,19,20)/t15-,17+/m0/s1. The van der Waals surface area contributed by atoms with Gasteiger partial charge in [0.25, 0.3) is 0 Å². The van der Waals surface area contributed by atoms with Gasteiger partial charge in [0.05, 0.1) is 18.0 Å². The molecule has 0 saturated carbocycles. The maximum Gasteiger partial charge on any atom is 0.0894 e. The van der Waals surface area contributed by atoms with Crippen molar-refractivity contribution in [3.8, 4) is 0 Å². The molecule has 1 N–H and O–H groups in total. The van der Waals surface area contributed by atoms with Gasteiger partial charge in [0.15, 0.2) is 0 Å². The third-order valence-corrected chi connectivity index (χ3v) is 4.55. The molecule has 0 bridgehead atoms. The number of ether oxygens (including phenoxy) is 1. The minimum atomic E-state index is 0.194. The largest absolute Gasteiger partial charge is 0.379 e. The Morgan fingerprint density at radius 2 is 2.13 bits per heavy atom. The van der Waals surface area contributed by atoms with E-state index in [2.05, 4.69) is 62.6 Å². The van der Waals surface area contributed by atoms with Crippen LogP contribution in [0.4, 0.5) is 0 Å². The molecule has 3 rings (SSSR count). The van der Waals surface area contributed by atoms with E-state index in [1.807, 2.05) is 6.20 Å². The molecule has 1 fully saturated rings. The summed E-state index contributed by atoms with van der Waals surface area (Å²) in [5.74, 6) is 0.304. The van der Waals surface area contributed by atoms with E-state index in [-0.39, 0.29) is 6.10 Å². The molecule has 0 amide bonds. The van der Waals surface area contributed by atoms with E-state index in [1.165, 1.54) is 5.56 Å². The highest BCUT2D eigenvalue weighted by Crippen LogP contribution is 2.27.